The molecule has 2 aromatic carbocycles. The molecule has 0 unspecified atom stereocenters. The van der Waals surface area contributed by atoms with Crippen molar-refractivity contribution in [1.29, 1.82) is 0 Å². The number of amides is 1. The zero-order chi connectivity index (χ0) is 21.7. The van der Waals surface area contributed by atoms with Gasteiger partial charge in [-0.3, -0.25) is 19.7 Å². The lowest BCUT2D eigenvalue weighted by molar-refractivity contribution is -0.384. The van der Waals surface area contributed by atoms with E-state index in [9.17, 15) is 24.5 Å². The Bertz CT molecular complexity index is 1170. The van der Waals surface area contributed by atoms with E-state index < -0.39 is 22.4 Å². The number of nitrogens with one attached hydrogen (secondary N) is 1. The summed E-state index contributed by atoms with van der Waals surface area (Å²) in [5.41, 5.74) is 0.902. The summed E-state index contributed by atoms with van der Waals surface area (Å²) < 4.78 is 5.57. The number of nitro benzene ring substituents is 1. The van der Waals surface area contributed by atoms with Crippen molar-refractivity contribution in [2.45, 2.75) is 6.54 Å². The van der Waals surface area contributed by atoms with Gasteiger partial charge in [0, 0.05) is 29.4 Å². The van der Waals surface area contributed by atoms with E-state index in [2.05, 4.69) is 15.2 Å². The van der Waals surface area contributed by atoms with Crippen molar-refractivity contribution in [3.05, 3.63) is 86.7 Å². The van der Waals surface area contributed by atoms with E-state index in [0.29, 0.717) is 22.5 Å². The van der Waals surface area contributed by atoms with Crippen LogP contribution >= 0.6 is 0 Å². The van der Waals surface area contributed by atoms with E-state index in [-0.39, 0.29) is 12.2 Å². The number of carbonyl (C=O) groups excluding carboxylic acids is 2. The molecule has 1 amide bonds. The highest BCUT2D eigenvalue weighted by Crippen LogP contribution is 2.21. The van der Waals surface area contributed by atoms with Gasteiger partial charge < -0.3 is 10.1 Å². The number of aromatic nitrogens is 2. The number of nitrogens with zero attached hydrogens (tertiary/aromatic N) is 3. The maximum absolute atomic E-state index is 12.3. The smallest absolute Gasteiger partial charge is 0.337 e. The van der Waals surface area contributed by atoms with Crippen LogP contribution in [0.15, 0.2) is 65.5 Å². The molecule has 10 nitrogen and oxygen atoms in total. The monoisotopic (exact) mass is 408 g/mol. The van der Waals surface area contributed by atoms with Gasteiger partial charge in [-0.05, 0) is 30.3 Å². The Labute approximate surface area is 169 Å². The number of methoxy groups -OCH3 is 1. The number of benzene rings is 2. The van der Waals surface area contributed by atoms with Crippen LogP contribution in [0.25, 0.3) is 11.3 Å². The molecule has 3 rings (SSSR count). The summed E-state index contributed by atoms with van der Waals surface area (Å²) in [6, 6.07) is 14.5. The summed E-state index contributed by atoms with van der Waals surface area (Å²) in [7, 11) is 1.27. The Kier molecular flexibility index (Phi) is 5.97. The molecule has 10 heteroatoms. The Balaban J connectivity index is 1.76. The third-order valence-electron chi connectivity index (χ3n) is 4.10. The van der Waals surface area contributed by atoms with Gasteiger partial charge in [0.2, 0.25) is 5.91 Å². The number of nitro groups is 1. The second kappa shape index (κ2) is 8.78. The zero-order valence-electron chi connectivity index (χ0n) is 15.8. The van der Waals surface area contributed by atoms with Gasteiger partial charge in [0.05, 0.1) is 23.3 Å². The highest BCUT2D eigenvalue weighted by Gasteiger charge is 2.12. The molecular formula is C20H16N4O6. The number of ether oxygens (including phenoxy) is 1. The highest BCUT2D eigenvalue weighted by molar-refractivity contribution is 5.92. The van der Waals surface area contributed by atoms with Crippen molar-refractivity contribution in [2.24, 2.45) is 0 Å². The minimum Gasteiger partial charge on any atom is -0.465 e. The van der Waals surface area contributed by atoms with E-state index >= 15 is 0 Å². The third kappa shape index (κ3) is 4.73. The average Bonchev–Trinajstić information content (AvgIpc) is 2.75. The van der Waals surface area contributed by atoms with Gasteiger partial charge in [0.1, 0.15) is 6.54 Å². The molecule has 0 aliphatic rings. The van der Waals surface area contributed by atoms with Gasteiger partial charge in [0.25, 0.3) is 11.2 Å². The van der Waals surface area contributed by atoms with Crippen LogP contribution < -0.4 is 10.9 Å². The van der Waals surface area contributed by atoms with Gasteiger partial charge in [-0.25, -0.2) is 9.48 Å². The lowest BCUT2D eigenvalue weighted by Gasteiger charge is -2.09. The largest absolute Gasteiger partial charge is 0.465 e. The molecule has 1 aromatic heterocycles. The number of anilines is 1. The van der Waals surface area contributed by atoms with Crippen LogP contribution in [0.3, 0.4) is 0 Å². The summed E-state index contributed by atoms with van der Waals surface area (Å²) in [6.45, 7) is -0.361. The first kappa shape index (κ1) is 20.4. The molecule has 0 spiro atoms. The lowest BCUT2D eigenvalue weighted by atomic mass is 10.1. The van der Waals surface area contributed by atoms with Crippen molar-refractivity contribution in [3.8, 4) is 11.3 Å². The van der Waals surface area contributed by atoms with Crippen molar-refractivity contribution in [3.63, 3.8) is 0 Å². The number of hydrogen-bond acceptors (Lipinski definition) is 7. The molecule has 0 aliphatic carbocycles. The van der Waals surface area contributed by atoms with Crippen LogP contribution in [0, 0.1) is 10.1 Å². The normalized spacial score (nSPS) is 10.3. The molecule has 0 aliphatic heterocycles. The van der Waals surface area contributed by atoms with E-state index in [1.54, 1.807) is 6.07 Å². The Hall–Kier alpha value is -4.34. The topological polar surface area (TPSA) is 133 Å². The quantitative estimate of drug-likeness (QED) is 0.376. The first-order valence-electron chi connectivity index (χ1n) is 8.68. The lowest BCUT2D eigenvalue weighted by Crippen LogP contribution is -2.29. The first-order valence-corrected chi connectivity index (χ1v) is 8.68. The SMILES string of the molecule is COC(=O)c1ccc(NC(=O)Cn2nc(-c3cccc([N+](=O)[O-])c3)ccc2=O)cc1. The van der Waals surface area contributed by atoms with Gasteiger partial charge >= 0.3 is 5.97 Å². The van der Waals surface area contributed by atoms with Crippen LogP contribution in [0.2, 0.25) is 0 Å². The molecule has 0 atom stereocenters. The van der Waals surface area contributed by atoms with Crippen LogP contribution in [0.5, 0.6) is 0 Å². The Morgan fingerprint density at radius 1 is 1.13 bits per heavy atom. The summed E-state index contributed by atoms with van der Waals surface area (Å²) in [4.78, 5) is 46.2. The zero-order valence-corrected chi connectivity index (χ0v) is 15.8. The molecule has 30 heavy (non-hydrogen) atoms. The molecule has 0 fully saturated rings. The third-order valence-corrected chi connectivity index (χ3v) is 4.10. The van der Waals surface area contributed by atoms with Crippen molar-refractivity contribution < 1.29 is 19.2 Å². The second-order valence-electron chi connectivity index (χ2n) is 6.14. The van der Waals surface area contributed by atoms with E-state index in [1.807, 2.05) is 0 Å². The summed E-state index contributed by atoms with van der Waals surface area (Å²) >= 11 is 0. The Morgan fingerprint density at radius 3 is 2.53 bits per heavy atom. The van der Waals surface area contributed by atoms with Gasteiger partial charge in [-0.15, -0.1) is 0 Å². The van der Waals surface area contributed by atoms with Gasteiger partial charge in [-0.2, -0.15) is 5.10 Å². The van der Waals surface area contributed by atoms with Gasteiger partial charge in [0.15, 0.2) is 0 Å². The molecule has 0 saturated carbocycles. The number of hydrogen-bond donors (Lipinski definition) is 1. The first-order chi connectivity index (χ1) is 14.4. The van der Waals surface area contributed by atoms with E-state index in [0.717, 1.165) is 4.68 Å². The summed E-state index contributed by atoms with van der Waals surface area (Å²) in [5, 5.41) is 17.7. The molecule has 1 heterocycles. The second-order valence-corrected chi connectivity index (χ2v) is 6.14. The van der Waals surface area contributed by atoms with Gasteiger partial charge in [-0.1, -0.05) is 12.1 Å². The molecule has 152 valence electrons. The Morgan fingerprint density at radius 2 is 1.87 bits per heavy atom. The van der Waals surface area contributed by atoms with E-state index in [1.165, 1.54) is 61.7 Å². The summed E-state index contributed by atoms with van der Waals surface area (Å²) in [6.07, 6.45) is 0. The molecule has 0 bridgehead atoms. The molecule has 0 saturated heterocycles. The molecule has 0 radical (unpaired) electrons. The standard InChI is InChI=1S/C20H16N4O6/c1-30-20(27)13-5-7-15(8-6-13)21-18(25)12-23-19(26)10-9-17(22-23)14-3-2-4-16(11-14)24(28)29/h2-11H,12H2,1H3,(H,21,25). The fourth-order valence-electron chi connectivity index (χ4n) is 2.64. The highest BCUT2D eigenvalue weighted by atomic mass is 16.6. The fraction of sp³-hybridized carbons (Fsp3) is 0.100. The molecule has 1 N–H and O–H groups in total. The maximum atomic E-state index is 12.3. The average molecular weight is 408 g/mol. The maximum Gasteiger partial charge on any atom is 0.337 e. The number of esters is 1. The van der Waals surface area contributed by atoms with Crippen molar-refractivity contribution >= 4 is 23.3 Å². The molecular weight excluding hydrogens is 392 g/mol. The van der Waals surface area contributed by atoms with Crippen LogP contribution in [-0.4, -0.2) is 33.7 Å². The van der Waals surface area contributed by atoms with E-state index in [4.69, 9.17) is 0 Å². The predicted molar refractivity (Wildman–Crippen MR) is 107 cm³/mol. The van der Waals surface area contributed by atoms with Crippen molar-refractivity contribution in [1.82, 2.24) is 9.78 Å². The van der Waals surface area contributed by atoms with Crippen LogP contribution in [0.4, 0.5) is 11.4 Å². The summed E-state index contributed by atoms with van der Waals surface area (Å²) in [5.74, 6) is -1.01. The minimum absolute atomic E-state index is 0.111. The number of carbonyl (C=O) groups is 2. The van der Waals surface area contributed by atoms with Crippen LogP contribution in [-0.2, 0) is 16.1 Å². The fourth-order valence-corrected chi connectivity index (χ4v) is 2.64. The number of non-ortho nitro benzene ring substituents is 1. The minimum atomic E-state index is -0.529. The predicted octanol–water partition coefficient (Wildman–Crippen LogP) is 2.24. The number of rotatable bonds is 6. The molecule has 3 aromatic rings. The van der Waals surface area contributed by atoms with Crippen LogP contribution in [0.1, 0.15) is 10.4 Å². The van der Waals surface area contributed by atoms with Crippen molar-refractivity contribution in [2.75, 3.05) is 12.4 Å².